The summed E-state index contributed by atoms with van der Waals surface area (Å²) >= 11 is 0. The molecule has 1 unspecified atom stereocenters. The van der Waals surface area contributed by atoms with E-state index in [9.17, 15) is 4.39 Å². The number of nitrogens with one attached hydrogen (secondary N) is 1. The molecule has 1 heterocycles. The molecule has 0 amide bonds. The van der Waals surface area contributed by atoms with Crippen LogP contribution < -0.4 is 10.1 Å². The van der Waals surface area contributed by atoms with Gasteiger partial charge in [-0.1, -0.05) is 30.3 Å². The van der Waals surface area contributed by atoms with Crippen LogP contribution in [0.1, 0.15) is 23.5 Å². The standard InChI is InChI=1S/C17H18FNO/c1-12-5-4-7-15(18)17(12)19-11-13-9-10-20-16-8-3-2-6-14(13)16/h2-8,13,19H,9-11H2,1H3. The molecule has 2 aromatic carbocycles. The highest BCUT2D eigenvalue weighted by Gasteiger charge is 2.21. The lowest BCUT2D eigenvalue weighted by molar-refractivity contribution is 0.270. The Morgan fingerprint density at radius 3 is 2.90 bits per heavy atom. The van der Waals surface area contributed by atoms with Gasteiger partial charge in [0.25, 0.3) is 0 Å². The molecule has 104 valence electrons. The number of fused-ring (bicyclic) bond motifs is 1. The van der Waals surface area contributed by atoms with Gasteiger partial charge in [0.2, 0.25) is 0 Å². The van der Waals surface area contributed by atoms with Crippen molar-refractivity contribution in [3.63, 3.8) is 0 Å². The van der Waals surface area contributed by atoms with E-state index in [4.69, 9.17) is 4.74 Å². The number of para-hydroxylation sites is 2. The van der Waals surface area contributed by atoms with E-state index in [0.717, 1.165) is 30.9 Å². The van der Waals surface area contributed by atoms with Crippen LogP contribution in [0.5, 0.6) is 5.75 Å². The molecule has 0 spiro atoms. The number of hydrogen-bond donors (Lipinski definition) is 1. The van der Waals surface area contributed by atoms with Crippen LogP contribution in [-0.4, -0.2) is 13.2 Å². The molecular formula is C17H18FNO. The van der Waals surface area contributed by atoms with Gasteiger partial charge in [-0.3, -0.25) is 0 Å². The third-order valence-corrected chi connectivity index (χ3v) is 3.83. The van der Waals surface area contributed by atoms with Crippen molar-refractivity contribution in [3.05, 3.63) is 59.4 Å². The summed E-state index contributed by atoms with van der Waals surface area (Å²) in [6.45, 7) is 3.37. The zero-order valence-electron chi connectivity index (χ0n) is 11.5. The van der Waals surface area contributed by atoms with E-state index in [-0.39, 0.29) is 5.82 Å². The van der Waals surface area contributed by atoms with E-state index < -0.39 is 0 Å². The molecule has 0 aliphatic carbocycles. The predicted molar refractivity (Wildman–Crippen MR) is 78.9 cm³/mol. The van der Waals surface area contributed by atoms with E-state index in [1.165, 1.54) is 11.6 Å². The average molecular weight is 271 g/mol. The minimum Gasteiger partial charge on any atom is -0.493 e. The van der Waals surface area contributed by atoms with Gasteiger partial charge in [-0.05, 0) is 36.6 Å². The molecular weight excluding hydrogens is 253 g/mol. The zero-order valence-corrected chi connectivity index (χ0v) is 11.5. The van der Waals surface area contributed by atoms with Crippen LogP contribution in [0.4, 0.5) is 10.1 Å². The van der Waals surface area contributed by atoms with E-state index in [0.29, 0.717) is 11.6 Å². The number of benzene rings is 2. The van der Waals surface area contributed by atoms with E-state index >= 15 is 0 Å². The lowest BCUT2D eigenvalue weighted by Gasteiger charge is -2.26. The van der Waals surface area contributed by atoms with Gasteiger partial charge in [-0.15, -0.1) is 0 Å². The van der Waals surface area contributed by atoms with Gasteiger partial charge < -0.3 is 10.1 Å². The summed E-state index contributed by atoms with van der Waals surface area (Å²) in [7, 11) is 0. The van der Waals surface area contributed by atoms with Gasteiger partial charge in [-0.2, -0.15) is 0 Å². The molecule has 3 rings (SSSR count). The monoisotopic (exact) mass is 271 g/mol. The summed E-state index contributed by atoms with van der Waals surface area (Å²) < 4.78 is 19.5. The van der Waals surface area contributed by atoms with Crippen LogP contribution in [0.3, 0.4) is 0 Å². The Labute approximate surface area is 118 Å². The predicted octanol–water partition coefficient (Wildman–Crippen LogP) is 4.11. The molecule has 0 radical (unpaired) electrons. The van der Waals surface area contributed by atoms with Gasteiger partial charge in [0.05, 0.1) is 12.3 Å². The summed E-state index contributed by atoms with van der Waals surface area (Å²) in [5.74, 6) is 1.13. The van der Waals surface area contributed by atoms with Crippen molar-refractivity contribution in [2.75, 3.05) is 18.5 Å². The van der Waals surface area contributed by atoms with Crippen molar-refractivity contribution >= 4 is 5.69 Å². The van der Waals surface area contributed by atoms with Crippen LogP contribution in [0.2, 0.25) is 0 Å². The molecule has 1 N–H and O–H groups in total. The fourth-order valence-electron chi connectivity index (χ4n) is 2.71. The molecule has 0 aromatic heterocycles. The average Bonchev–Trinajstić information content (AvgIpc) is 2.47. The molecule has 2 aromatic rings. The summed E-state index contributed by atoms with van der Waals surface area (Å²) in [5.41, 5.74) is 2.75. The molecule has 3 heteroatoms. The van der Waals surface area contributed by atoms with Gasteiger partial charge >= 0.3 is 0 Å². The Morgan fingerprint density at radius 1 is 1.20 bits per heavy atom. The molecule has 0 fully saturated rings. The highest BCUT2D eigenvalue weighted by atomic mass is 19.1. The maximum Gasteiger partial charge on any atom is 0.146 e. The van der Waals surface area contributed by atoms with Crippen LogP contribution >= 0.6 is 0 Å². The first-order valence-corrected chi connectivity index (χ1v) is 6.96. The van der Waals surface area contributed by atoms with Crippen LogP contribution in [0.15, 0.2) is 42.5 Å². The first kappa shape index (κ1) is 13.0. The molecule has 0 bridgehead atoms. The van der Waals surface area contributed by atoms with Gasteiger partial charge in [0.1, 0.15) is 11.6 Å². The number of ether oxygens (including phenoxy) is 1. The Hall–Kier alpha value is -2.03. The quantitative estimate of drug-likeness (QED) is 0.907. The summed E-state index contributed by atoms with van der Waals surface area (Å²) in [5, 5.41) is 3.26. The van der Waals surface area contributed by atoms with Gasteiger partial charge in [-0.25, -0.2) is 4.39 Å². The normalized spacial score (nSPS) is 17.2. The van der Waals surface area contributed by atoms with Crippen molar-refractivity contribution < 1.29 is 9.13 Å². The van der Waals surface area contributed by atoms with Gasteiger partial charge in [0, 0.05) is 12.5 Å². The second-order valence-electron chi connectivity index (χ2n) is 5.18. The fraction of sp³-hybridized carbons (Fsp3) is 0.294. The van der Waals surface area contributed by atoms with Crippen molar-refractivity contribution in [1.82, 2.24) is 0 Å². The lowest BCUT2D eigenvalue weighted by Crippen LogP contribution is -2.21. The largest absolute Gasteiger partial charge is 0.493 e. The number of halogens is 1. The maximum absolute atomic E-state index is 13.8. The van der Waals surface area contributed by atoms with Crippen molar-refractivity contribution in [1.29, 1.82) is 0 Å². The van der Waals surface area contributed by atoms with Crippen LogP contribution in [0, 0.1) is 12.7 Å². The summed E-state index contributed by atoms with van der Waals surface area (Å²) in [6.07, 6.45) is 0.956. The summed E-state index contributed by atoms with van der Waals surface area (Å²) in [6, 6.07) is 13.2. The summed E-state index contributed by atoms with van der Waals surface area (Å²) in [4.78, 5) is 0. The van der Waals surface area contributed by atoms with Crippen LogP contribution in [0.25, 0.3) is 0 Å². The molecule has 0 saturated heterocycles. The van der Waals surface area contributed by atoms with Crippen molar-refractivity contribution in [2.24, 2.45) is 0 Å². The highest BCUT2D eigenvalue weighted by molar-refractivity contribution is 5.52. The number of rotatable bonds is 3. The van der Waals surface area contributed by atoms with E-state index in [1.54, 1.807) is 6.07 Å². The first-order chi connectivity index (χ1) is 9.75. The number of hydrogen-bond acceptors (Lipinski definition) is 2. The molecule has 2 nitrogen and oxygen atoms in total. The van der Waals surface area contributed by atoms with Crippen LogP contribution in [-0.2, 0) is 0 Å². The Bertz CT molecular complexity index is 591. The van der Waals surface area contributed by atoms with Gasteiger partial charge in [0.15, 0.2) is 0 Å². The second kappa shape index (κ2) is 5.53. The lowest BCUT2D eigenvalue weighted by atomic mass is 9.93. The number of aryl methyl sites for hydroxylation is 1. The van der Waals surface area contributed by atoms with Crippen molar-refractivity contribution in [3.8, 4) is 5.75 Å². The van der Waals surface area contributed by atoms with Crippen molar-refractivity contribution in [2.45, 2.75) is 19.3 Å². The second-order valence-corrected chi connectivity index (χ2v) is 5.18. The third kappa shape index (κ3) is 2.48. The molecule has 20 heavy (non-hydrogen) atoms. The molecule has 0 saturated carbocycles. The zero-order chi connectivity index (χ0) is 13.9. The molecule has 1 aliphatic rings. The third-order valence-electron chi connectivity index (χ3n) is 3.83. The Morgan fingerprint density at radius 2 is 2.05 bits per heavy atom. The fourth-order valence-corrected chi connectivity index (χ4v) is 2.71. The minimum atomic E-state index is -0.189. The first-order valence-electron chi connectivity index (χ1n) is 6.96. The highest BCUT2D eigenvalue weighted by Crippen LogP contribution is 2.33. The molecule has 1 atom stereocenters. The number of anilines is 1. The maximum atomic E-state index is 13.8. The SMILES string of the molecule is Cc1cccc(F)c1NCC1CCOc2ccccc21. The Balaban J connectivity index is 1.77. The van der Waals surface area contributed by atoms with E-state index in [1.807, 2.05) is 31.2 Å². The van der Waals surface area contributed by atoms with E-state index in [2.05, 4.69) is 11.4 Å². The topological polar surface area (TPSA) is 21.3 Å². The smallest absolute Gasteiger partial charge is 0.146 e. The minimum absolute atomic E-state index is 0.189. The molecule has 1 aliphatic heterocycles. The Kier molecular flexibility index (Phi) is 3.59.